The van der Waals surface area contributed by atoms with E-state index in [2.05, 4.69) is 5.32 Å². The molecule has 0 aliphatic carbocycles. The second-order valence-corrected chi connectivity index (χ2v) is 5.22. The number of aromatic nitrogens is 1. The van der Waals surface area contributed by atoms with Gasteiger partial charge in [0.05, 0.1) is 6.54 Å². The molecule has 23 heavy (non-hydrogen) atoms. The molecule has 126 valence electrons. The maximum atomic E-state index is 12.6. The van der Waals surface area contributed by atoms with Crippen LogP contribution < -0.4 is 10.9 Å². The Kier molecular flexibility index (Phi) is 5.07. The van der Waals surface area contributed by atoms with Crippen LogP contribution in [0.3, 0.4) is 0 Å². The summed E-state index contributed by atoms with van der Waals surface area (Å²) in [5.41, 5.74) is -2.62. The van der Waals surface area contributed by atoms with Crippen LogP contribution in [0.5, 0.6) is 0 Å². The third-order valence-corrected chi connectivity index (χ3v) is 3.54. The van der Waals surface area contributed by atoms with E-state index in [0.717, 1.165) is 25.1 Å². The molecule has 9 heteroatoms. The van der Waals surface area contributed by atoms with Gasteiger partial charge in [0, 0.05) is 19.3 Å². The van der Waals surface area contributed by atoms with Crippen molar-refractivity contribution in [2.75, 3.05) is 19.6 Å². The normalized spacial score (nSPS) is 14.8. The summed E-state index contributed by atoms with van der Waals surface area (Å²) < 4.78 is 38.6. The topological polar surface area (TPSA) is 71.4 Å². The van der Waals surface area contributed by atoms with Crippen molar-refractivity contribution in [1.82, 2.24) is 14.8 Å². The number of amides is 2. The van der Waals surface area contributed by atoms with Gasteiger partial charge in [0.25, 0.3) is 5.56 Å². The van der Waals surface area contributed by atoms with Crippen LogP contribution in [0.25, 0.3) is 0 Å². The first-order valence-electron chi connectivity index (χ1n) is 7.10. The van der Waals surface area contributed by atoms with Gasteiger partial charge in [-0.05, 0) is 25.0 Å². The lowest BCUT2D eigenvalue weighted by Gasteiger charge is -2.15. The summed E-state index contributed by atoms with van der Waals surface area (Å²) in [6, 6.07) is 1.71. The molecule has 0 atom stereocenters. The fourth-order valence-corrected chi connectivity index (χ4v) is 2.34. The van der Waals surface area contributed by atoms with E-state index in [9.17, 15) is 27.6 Å². The van der Waals surface area contributed by atoms with Gasteiger partial charge < -0.3 is 14.8 Å². The summed E-state index contributed by atoms with van der Waals surface area (Å²) in [5, 5.41) is 2.32. The number of hydrogen-bond acceptors (Lipinski definition) is 3. The van der Waals surface area contributed by atoms with Gasteiger partial charge >= 0.3 is 6.18 Å². The highest BCUT2D eigenvalue weighted by molar-refractivity contribution is 5.84. The first-order valence-corrected chi connectivity index (χ1v) is 7.10. The van der Waals surface area contributed by atoms with Crippen LogP contribution in [0.15, 0.2) is 23.1 Å². The summed E-state index contributed by atoms with van der Waals surface area (Å²) >= 11 is 0. The molecule has 1 fully saturated rings. The van der Waals surface area contributed by atoms with Gasteiger partial charge in [0.2, 0.25) is 11.8 Å². The quantitative estimate of drug-likeness (QED) is 0.878. The number of alkyl halides is 3. The number of nitrogens with zero attached hydrogens (tertiary/aromatic N) is 2. The monoisotopic (exact) mass is 331 g/mol. The molecule has 2 amide bonds. The second-order valence-electron chi connectivity index (χ2n) is 5.22. The van der Waals surface area contributed by atoms with E-state index in [1.54, 1.807) is 4.90 Å². The van der Waals surface area contributed by atoms with Crippen LogP contribution in [0.2, 0.25) is 0 Å². The molecule has 1 aromatic rings. The zero-order valence-electron chi connectivity index (χ0n) is 12.2. The molecule has 0 spiro atoms. The number of hydrogen-bond donors (Lipinski definition) is 1. The van der Waals surface area contributed by atoms with Crippen molar-refractivity contribution in [3.8, 4) is 0 Å². The van der Waals surface area contributed by atoms with Crippen molar-refractivity contribution in [2.24, 2.45) is 0 Å². The van der Waals surface area contributed by atoms with Gasteiger partial charge in [-0.25, -0.2) is 0 Å². The minimum absolute atomic E-state index is 0.230. The minimum Gasteiger partial charge on any atom is -0.345 e. The number of rotatable bonds is 4. The summed E-state index contributed by atoms with van der Waals surface area (Å²) in [4.78, 5) is 36.8. The Bertz CT molecular complexity index is 649. The first kappa shape index (κ1) is 17.0. The third-order valence-electron chi connectivity index (χ3n) is 3.54. The lowest BCUT2D eigenvalue weighted by molar-refractivity contribution is -0.139. The van der Waals surface area contributed by atoms with Crippen molar-refractivity contribution < 1.29 is 22.8 Å². The second kappa shape index (κ2) is 6.84. The Balaban J connectivity index is 1.95. The average Bonchev–Trinajstić information content (AvgIpc) is 3.00. The molecule has 1 aromatic heterocycles. The molecule has 0 saturated carbocycles. The predicted molar refractivity (Wildman–Crippen MR) is 74.5 cm³/mol. The standard InChI is InChI=1S/C14H16F3N3O3/c15-14(16,17)10-4-3-7-20(13(10)23)9-11(21)18-8-12(22)19-5-1-2-6-19/h3-4,7H,1-2,5-6,8-9H2,(H,18,21). The van der Waals surface area contributed by atoms with Crippen LogP contribution in [-0.2, 0) is 22.3 Å². The Morgan fingerprint density at radius 1 is 1.22 bits per heavy atom. The van der Waals surface area contributed by atoms with Gasteiger partial charge in [0.15, 0.2) is 0 Å². The number of pyridine rings is 1. The maximum Gasteiger partial charge on any atom is 0.421 e. The highest BCUT2D eigenvalue weighted by Gasteiger charge is 2.34. The summed E-state index contributed by atoms with van der Waals surface area (Å²) in [5.74, 6) is -0.939. The highest BCUT2D eigenvalue weighted by Crippen LogP contribution is 2.25. The Hall–Kier alpha value is -2.32. The molecule has 2 rings (SSSR count). The molecule has 0 unspecified atom stereocenters. The van der Waals surface area contributed by atoms with Crippen molar-refractivity contribution in [3.05, 3.63) is 34.2 Å². The Labute approximate surface area is 129 Å². The zero-order valence-corrected chi connectivity index (χ0v) is 12.2. The highest BCUT2D eigenvalue weighted by atomic mass is 19.4. The van der Waals surface area contributed by atoms with Gasteiger partial charge in [0.1, 0.15) is 12.1 Å². The smallest absolute Gasteiger partial charge is 0.345 e. The van der Waals surface area contributed by atoms with Crippen molar-refractivity contribution >= 4 is 11.8 Å². The molecule has 6 nitrogen and oxygen atoms in total. The Morgan fingerprint density at radius 3 is 2.48 bits per heavy atom. The largest absolute Gasteiger partial charge is 0.421 e. The third kappa shape index (κ3) is 4.33. The Morgan fingerprint density at radius 2 is 1.87 bits per heavy atom. The number of nitrogens with one attached hydrogen (secondary N) is 1. The van der Waals surface area contributed by atoms with E-state index < -0.39 is 29.8 Å². The first-order chi connectivity index (χ1) is 10.8. The van der Waals surface area contributed by atoms with Crippen LogP contribution in [-0.4, -0.2) is 40.9 Å². The molecule has 1 aliphatic heterocycles. The molecule has 0 radical (unpaired) electrons. The number of likely N-dealkylation sites (tertiary alicyclic amines) is 1. The van der Waals surface area contributed by atoms with Crippen LogP contribution in [0, 0.1) is 0 Å². The fourth-order valence-electron chi connectivity index (χ4n) is 2.34. The van der Waals surface area contributed by atoms with E-state index in [0.29, 0.717) is 23.7 Å². The van der Waals surface area contributed by atoms with Crippen molar-refractivity contribution in [3.63, 3.8) is 0 Å². The van der Waals surface area contributed by atoms with E-state index in [1.807, 2.05) is 0 Å². The van der Waals surface area contributed by atoms with Crippen molar-refractivity contribution in [1.29, 1.82) is 0 Å². The van der Waals surface area contributed by atoms with Crippen LogP contribution in [0.4, 0.5) is 13.2 Å². The summed E-state index contributed by atoms with van der Waals surface area (Å²) in [7, 11) is 0. The SMILES string of the molecule is O=C(Cn1cccc(C(F)(F)F)c1=O)NCC(=O)N1CCCC1. The number of carbonyl (C=O) groups excluding carboxylic acids is 2. The van der Waals surface area contributed by atoms with Gasteiger partial charge in [-0.3, -0.25) is 14.4 Å². The fraction of sp³-hybridized carbons (Fsp3) is 0.500. The molecule has 0 aromatic carbocycles. The molecular weight excluding hydrogens is 315 g/mol. The van der Waals surface area contributed by atoms with Crippen LogP contribution >= 0.6 is 0 Å². The maximum absolute atomic E-state index is 12.6. The lowest BCUT2D eigenvalue weighted by Crippen LogP contribution is -2.41. The van der Waals surface area contributed by atoms with Gasteiger partial charge in [-0.2, -0.15) is 13.2 Å². The molecule has 2 heterocycles. The minimum atomic E-state index is -4.78. The predicted octanol–water partition coefficient (Wildman–Crippen LogP) is 0.606. The van der Waals surface area contributed by atoms with Crippen LogP contribution in [0.1, 0.15) is 18.4 Å². The molecule has 1 aliphatic rings. The molecule has 1 N–H and O–H groups in total. The van der Waals surface area contributed by atoms with Gasteiger partial charge in [-0.15, -0.1) is 0 Å². The molecular formula is C14H16F3N3O3. The van der Waals surface area contributed by atoms with E-state index in [-0.39, 0.29) is 12.5 Å². The summed E-state index contributed by atoms with van der Waals surface area (Å²) in [6.07, 6.45) is -1.85. The molecule has 0 bridgehead atoms. The lowest BCUT2D eigenvalue weighted by atomic mass is 10.2. The summed E-state index contributed by atoms with van der Waals surface area (Å²) in [6.45, 7) is 0.478. The number of carbonyl (C=O) groups is 2. The molecule has 1 saturated heterocycles. The average molecular weight is 331 g/mol. The van der Waals surface area contributed by atoms with E-state index in [4.69, 9.17) is 0 Å². The van der Waals surface area contributed by atoms with E-state index >= 15 is 0 Å². The van der Waals surface area contributed by atoms with E-state index in [1.165, 1.54) is 0 Å². The number of halogens is 3. The van der Waals surface area contributed by atoms with Crippen molar-refractivity contribution in [2.45, 2.75) is 25.6 Å². The zero-order chi connectivity index (χ0) is 17.0. The van der Waals surface area contributed by atoms with Gasteiger partial charge in [-0.1, -0.05) is 0 Å².